The van der Waals surface area contributed by atoms with Gasteiger partial charge >= 0.3 is 0 Å². The first-order valence-electron chi connectivity index (χ1n) is 19.7. The number of anilines is 2. The molecule has 2 aliphatic carbocycles. The van der Waals surface area contributed by atoms with E-state index in [9.17, 15) is 9.59 Å². The van der Waals surface area contributed by atoms with Crippen molar-refractivity contribution in [2.75, 3.05) is 72.6 Å². The van der Waals surface area contributed by atoms with Crippen LogP contribution in [0, 0.1) is 0 Å². The lowest BCUT2D eigenvalue weighted by Crippen LogP contribution is -2.35. The lowest BCUT2D eigenvalue weighted by Gasteiger charge is -2.21. The van der Waals surface area contributed by atoms with E-state index in [4.69, 9.17) is 45.3 Å². The van der Waals surface area contributed by atoms with Crippen LogP contribution >= 0.6 is 11.6 Å². The van der Waals surface area contributed by atoms with Gasteiger partial charge in [0.1, 0.15) is 28.8 Å². The van der Waals surface area contributed by atoms with Gasteiger partial charge in [0.15, 0.2) is 0 Å². The van der Waals surface area contributed by atoms with Crippen LogP contribution in [0.3, 0.4) is 0 Å². The molecular formula is C43H59ClN6O7. The molecule has 0 aliphatic heterocycles. The molecule has 2 heterocycles. The molecule has 0 spiro atoms. The summed E-state index contributed by atoms with van der Waals surface area (Å²) in [7, 11) is 11.7. The lowest BCUT2D eigenvalue weighted by molar-refractivity contribution is 0.126. The molecule has 2 aliphatic rings. The molecule has 0 bridgehead atoms. The Morgan fingerprint density at radius 3 is 1.42 bits per heavy atom. The Morgan fingerprint density at radius 2 is 1.02 bits per heavy atom. The monoisotopic (exact) mass is 806 g/mol. The molecule has 0 saturated carbocycles. The third-order valence-electron chi connectivity index (χ3n) is 10.6. The molecule has 0 radical (unpaired) electrons. The van der Waals surface area contributed by atoms with Gasteiger partial charge in [-0.25, -0.2) is 9.97 Å². The van der Waals surface area contributed by atoms with Gasteiger partial charge in [-0.2, -0.15) is 0 Å². The number of aryl methyl sites for hydroxylation is 6. The summed E-state index contributed by atoms with van der Waals surface area (Å²) in [5.74, 6) is 1.98. The van der Waals surface area contributed by atoms with E-state index in [2.05, 4.69) is 28.8 Å². The normalized spacial score (nSPS) is 13.1. The second-order valence-corrected chi connectivity index (χ2v) is 15.0. The van der Waals surface area contributed by atoms with Crippen LogP contribution in [0.2, 0.25) is 5.02 Å². The van der Waals surface area contributed by atoms with Crippen LogP contribution in [0.15, 0.2) is 33.9 Å². The van der Waals surface area contributed by atoms with Crippen LogP contribution in [-0.2, 0) is 71.6 Å². The highest BCUT2D eigenvalue weighted by atomic mass is 35.5. The molecule has 6 rings (SSSR count). The van der Waals surface area contributed by atoms with Gasteiger partial charge in [0, 0.05) is 48.1 Å². The standard InChI is InChI=1S/C22H31N3O4.C21H28ClN3O3/c1-6-18-20(23-16(12-27-3)13-28-4)22(26)25(2)21(24-18)17-10-14-8-7-9-15(14)11-19(17)29-5;1-5-18-19(23-15(11-27-3)12-28-4)21(26)25(2)20(24-18)16-9-13-7-6-8-14(13)10-17(16)22/h10-11,16,23H,6-9,12-13H2,1-5H3;9-10,15,23H,5-8,11-12H2,1-4H3. The summed E-state index contributed by atoms with van der Waals surface area (Å²) in [5.41, 5.74) is 9.10. The van der Waals surface area contributed by atoms with Gasteiger partial charge in [-0.05, 0) is 97.9 Å². The van der Waals surface area contributed by atoms with Gasteiger partial charge in [0.25, 0.3) is 11.1 Å². The summed E-state index contributed by atoms with van der Waals surface area (Å²) in [6.07, 6.45) is 7.78. The maximum absolute atomic E-state index is 13.3. The molecule has 0 amide bonds. The van der Waals surface area contributed by atoms with Gasteiger partial charge in [-0.15, -0.1) is 0 Å². The average Bonchev–Trinajstić information content (AvgIpc) is 3.87. The van der Waals surface area contributed by atoms with Crippen molar-refractivity contribution in [3.05, 3.63) is 83.6 Å². The summed E-state index contributed by atoms with van der Waals surface area (Å²) < 4.78 is 29.8. The number of aromatic nitrogens is 4. The molecule has 2 N–H and O–H groups in total. The van der Waals surface area contributed by atoms with Crippen LogP contribution in [-0.4, -0.2) is 93.2 Å². The van der Waals surface area contributed by atoms with Crippen molar-refractivity contribution in [2.24, 2.45) is 14.1 Å². The molecule has 13 nitrogen and oxygen atoms in total. The predicted octanol–water partition coefficient (Wildman–Crippen LogP) is 5.81. The van der Waals surface area contributed by atoms with Gasteiger partial charge in [-0.1, -0.05) is 25.4 Å². The minimum atomic E-state index is -0.135. The Bertz CT molecular complexity index is 2120. The molecule has 0 atom stereocenters. The van der Waals surface area contributed by atoms with Crippen molar-refractivity contribution in [1.29, 1.82) is 0 Å². The predicted molar refractivity (Wildman–Crippen MR) is 227 cm³/mol. The van der Waals surface area contributed by atoms with E-state index in [-0.39, 0.29) is 23.2 Å². The van der Waals surface area contributed by atoms with E-state index in [0.717, 1.165) is 61.1 Å². The minimum Gasteiger partial charge on any atom is -0.496 e. The van der Waals surface area contributed by atoms with Crippen molar-refractivity contribution in [2.45, 2.75) is 77.3 Å². The first kappa shape index (κ1) is 43.8. The molecular weight excluding hydrogens is 748 g/mol. The number of nitrogens with one attached hydrogen (secondary N) is 2. The van der Waals surface area contributed by atoms with Crippen LogP contribution in [0.25, 0.3) is 22.8 Å². The topological polar surface area (TPSA) is 140 Å². The summed E-state index contributed by atoms with van der Waals surface area (Å²) >= 11 is 6.56. The second-order valence-electron chi connectivity index (χ2n) is 14.6. The Hall–Kier alpha value is -4.27. The molecule has 14 heteroatoms. The first-order chi connectivity index (χ1) is 27.5. The average molecular weight is 807 g/mol. The third-order valence-corrected chi connectivity index (χ3v) is 11.0. The van der Waals surface area contributed by atoms with Crippen molar-refractivity contribution < 1.29 is 23.7 Å². The Balaban J connectivity index is 0.000000218. The third kappa shape index (κ3) is 9.89. The van der Waals surface area contributed by atoms with Gasteiger partial charge in [-0.3, -0.25) is 18.7 Å². The molecule has 0 fully saturated rings. The highest BCUT2D eigenvalue weighted by Gasteiger charge is 2.24. The zero-order valence-electron chi connectivity index (χ0n) is 35.0. The minimum absolute atomic E-state index is 0.119. The zero-order valence-corrected chi connectivity index (χ0v) is 35.7. The number of rotatable bonds is 17. The zero-order chi connectivity index (χ0) is 41.2. The van der Waals surface area contributed by atoms with E-state index in [1.165, 1.54) is 22.3 Å². The lowest BCUT2D eigenvalue weighted by atomic mass is 10.0. The second kappa shape index (κ2) is 20.4. The van der Waals surface area contributed by atoms with Crippen molar-refractivity contribution in [3.63, 3.8) is 0 Å². The molecule has 2 aromatic heterocycles. The van der Waals surface area contributed by atoms with Crippen molar-refractivity contribution >= 4 is 23.0 Å². The first-order valence-corrected chi connectivity index (χ1v) is 20.1. The van der Waals surface area contributed by atoms with Gasteiger partial charge < -0.3 is 34.3 Å². The van der Waals surface area contributed by atoms with Crippen LogP contribution in [0.4, 0.5) is 11.4 Å². The van der Waals surface area contributed by atoms with Gasteiger partial charge in [0.05, 0.1) is 67.6 Å². The number of halogens is 1. The largest absolute Gasteiger partial charge is 0.496 e. The van der Waals surface area contributed by atoms with Crippen molar-refractivity contribution in [3.8, 4) is 28.5 Å². The molecule has 57 heavy (non-hydrogen) atoms. The summed E-state index contributed by atoms with van der Waals surface area (Å²) in [4.78, 5) is 36.1. The SMILES string of the molecule is CCc1nc(-c2cc3c(cc2Cl)CCC3)n(C)c(=O)c1NC(COC)COC.CCc1nc(-c2cc3c(cc2OC)CCC3)n(C)c(=O)c1NC(COC)COC. The summed E-state index contributed by atoms with van der Waals surface area (Å²) in [6.45, 7) is 5.71. The Labute approximate surface area is 341 Å². The van der Waals surface area contributed by atoms with E-state index in [0.29, 0.717) is 73.0 Å². The summed E-state index contributed by atoms with van der Waals surface area (Å²) in [6, 6.07) is 8.08. The number of methoxy groups -OCH3 is 5. The van der Waals surface area contributed by atoms with Crippen LogP contribution < -0.4 is 26.5 Å². The molecule has 310 valence electrons. The fraction of sp³-hybridized carbons (Fsp3) is 0.535. The molecule has 0 unspecified atom stereocenters. The van der Waals surface area contributed by atoms with E-state index in [1.807, 2.05) is 19.9 Å². The molecule has 4 aromatic rings. The highest BCUT2D eigenvalue weighted by molar-refractivity contribution is 6.33. The van der Waals surface area contributed by atoms with Crippen LogP contribution in [0.5, 0.6) is 5.75 Å². The maximum atomic E-state index is 13.3. The van der Waals surface area contributed by atoms with Crippen molar-refractivity contribution in [1.82, 2.24) is 19.1 Å². The maximum Gasteiger partial charge on any atom is 0.277 e. The fourth-order valence-electron chi connectivity index (χ4n) is 7.76. The summed E-state index contributed by atoms with van der Waals surface area (Å²) in [5, 5.41) is 7.19. The number of nitrogens with zero attached hydrogens (tertiary/aromatic N) is 4. The Kier molecular flexibility index (Phi) is 15.7. The fourth-order valence-corrected chi connectivity index (χ4v) is 8.03. The molecule has 0 saturated heterocycles. The number of hydrogen-bond donors (Lipinski definition) is 2. The van der Waals surface area contributed by atoms with E-state index in [1.54, 1.807) is 58.8 Å². The van der Waals surface area contributed by atoms with Gasteiger partial charge in [0.2, 0.25) is 0 Å². The number of hydrogen-bond acceptors (Lipinski definition) is 11. The number of fused-ring (bicyclic) bond motifs is 2. The quantitative estimate of drug-likeness (QED) is 0.134. The highest BCUT2D eigenvalue weighted by Crippen LogP contribution is 2.36. The van der Waals surface area contributed by atoms with E-state index >= 15 is 0 Å². The number of ether oxygens (including phenoxy) is 5. The van der Waals surface area contributed by atoms with E-state index < -0.39 is 0 Å². The number of benzene rings is 2. The molecule has 2 aromatic carbocycles. The smallest absolute Gasteiger partial charge is 0.277 e. The van der Waals surface area contributed by atoms with Crippen LogP contribution in [0.1, 0.15) is 60.3 Å². The Morgan fingerprint density at radius 1 is 0.632 bits per heavy atom.